The van der Waals surface area contributed by atoms with Gasteiger partial charge < -0.3 is 5.32 Å². The van der Waals surface area contributed by atoms with Gasteiger partial charge in [-0.1, -0.05) is 23.5 Å². The smallest absolute Gasteiger partial charge is 0.300 e. The van der Waals surface area contributed by atoms with Gasteiger partial charge in [-0.25, -0.2) is 9.37 Å². The van der Waals surface area contributed by atoms with E-state index in [2.05, 4.69) is 10.3 Å². The topological polar surface area (TPSA) is 81.1 Å². The van der Waals surface area contributed by atoms with Crippen LogP contribution in [0.2, 0.25) is 0 Å². The molecule has 1 N–H and O–H groups in total. The largest absolute Gasteiger partial charge is 0.310 e. The van der Waals surface area contributed by atoms with E-state index in [1.165, 1.54) is 47.9 Å². The van der Waals surface area contributed by atoms with Gasteiger partial charge in [-0.2, -0.15) is 0 Å². The molecule has 2 heterocycles. The average Bonchev–Trinajstić information content (AvgIpc) is 3.04. The molecule has 3 aromatic rings. The van der Waals surface area contributed by atoms with Crippen LogP contribution in [0.4, 0.5) is 9.52 Å². The number of nitrogens with one attached hydrogen (secondary N) is 1. The third-order valence-electron chi connectivity index (χ3n) is 3.05. The lowest BCUT2D eigenvalue weighted by atomic mass is 10.2. The predicted octanol–water partition coefficient (Wildman–Crippen LogP) is 2.17. The zero-order valence-corrected chi connectivity index (χ0v) is 13.7. The Morgan fingerprint density at radius 3 is 2.62 bits per heavy atom. The molecule has 0 spiro atoms. The quantitative estimate of drug-likeness (QED) is 0.770. The SMILES string of the molecule is O=C(Cn1c(=O)cc(-c2ccc(F)cc2)sc1=O)Nc1nccs1. The number of aromatic nitrogens is 2. The number of hydrogen-bond donors (Lipinski definition) is 1. The van der Waals surface area contributed by atoms with E-state index in [1.54, 1.807) is 5.38 Å². The Kier molecular flexibility index (Phi) is 4.63. The van der Waals surface area contributed by atoms with Crippen molar-refractivity contribution in [2.75, 3.05) is 5.32 Å². The van der Waals surface area contributed by atoms with Gasteiger partial charge in [-0.3, -0.25) is 19.0 Å². The van der Waals surface area contributed by atoms with Crippen molar-refractivity contribution in [2.24, 2.45) is 0 Å². The van der Waals surface area contributed by atoms with Crippen molar-refractivity contribution in [2.45, 2.75) is 6.54 Å². The highest BCUT2D eigenvalue weighted by molar-refractivity contribution is 7.13. The lowest BCUT2D eigenvalue weighted by molar-refractivity contribution is -0.116. The summed E-state index contributed by atoms with van der Waals surface area (Å²) < 4.78 is 13.8. The molecule has 0 atom stereocenters. The fourth-order valence-electron chi connectivity index (χ4n) is 1.95. The first-order valence-corrected chi connectivity index (χ1v) is 8.43. The van der Waals surface area contributed by atoms with E-state index in [9.17, 15) is 18.8 Å². The lowest BCUT2D eigenvalue weighted by Crippen LogP contribution is -2.35. The van der Waals surface area contributed by atoms with Crippen molar-refractivity contribution in [3.8, 4) is 10.4 Å². The van der Waals surface area contributed by atoms with Gasteiger partial charge in [0.05, 0.1) is 0 Å². The second-order valence-electron chi connectivity index (χ2n) is 4.69. The van der Waals surface area contributed by atoms with Gasteiger partial charge in [0.1, 0.15) is 12.4 Å². The fourth-order valence-corrected chi connectivity index (χ4v) is 3.36. The number of anilines is 1. The number of carbonyl (C=O) groups is 1. The monoisotopic (exact) mass is 363 g/mol. The average molecular weight is 363 g/mol. The molecule has 0 aliphatic carbocycles. The first-order valence-electron chi connectivity index (χ1n) is 6.73. The number of amides is 1. The van der Waals surface area contributed by atoms with Gasteiger partial charge in [-0.05, 0) is 17.7 Å². The normalized spacial score (nSPS) is 10.5. The second kappa shape index (κ2) is 6.85. The van der Waals surface area contributed by atoms with Crippen LogP contribution in [0.15, 0.2) is 51.5 Å². The Hall–Kier alpha value is -2.65. The Morgan fingerprint density at radius 2 is 2.00 bits per heavy atom. The summed E-state index contributed by atoms with van der Waals surface area (Å²) in [7, 11) is 0. The lowest BCUT2D eigenvalue weighted by Gasteiger charge is -2.05. The van der Waals surface area contributed by atoms with Crippen molar-refractivity contribution in [1.29, 1.82) is 0 Å². The van der Waals surface area contributed by atoms with Crippen molar-refractivity contribution in [3.63, 3.8) is 0 Å². The molecule has 1 aromatic carbocycles. The molecule has 6 nitrogen and oxygen atoms in total. The minimum Gasteiger partial charge on any atom is -0.300 e. The Morgan fingerprint density at radius 1 is 1.25 bits per heavy atom. The fraction of sp³-hybridized carbons (Fsp3) is 0.0667. The molecule has 0 unspecified atom stereocenters. The minimum atomic E-state index is -0.590. The third-order valence-corrected chi connectivity index (χ3v) is 4.70. The predicted molar refractivity (Wildman–Crippen MR) is 91.0 cm³/mol. The Balaban J connectivity index is 1.85. The molecule has 3 rings (SSSR count). The van der Waals surface area contributed by atoms with Crippen molar-refractivity contribution < 1.29 is 9.18 Å². The van der Waals surface area contributed by atoms with Gasteiger partial charge >= 0.3 is 4.87 Å². The van der Waals surface area contributed by atoms with E-state index >= 15 is 0 Å². The van der Waals surface area contributed by atoms with Crippen LogP contribution in [0.1, 0.15) is 0 Å². The van der Waals surface area contributed by atoms with Crippen LogP contribution in [-0.4, -0.2) is 15.5 Å². The van der Waals surface area contributed by atoms with E-state index in [4.69, 9.17) is 0 Å². The highest BCUT2D eigenvalue weighted by atomic mass is 32.1. The molecule has 2 aromatic heterocycles. The number of thiazole rings is 1. The zero-order chi connectivity index (χ0) is 17.1. The Labute approximate surface area is 142 Å². The van der Waals surface area contributed by atoms with Crippen LogP contribution in [0.25, 0.3) is 10.4 Å². The van der Waals surface area contributed by atoms with Gasteiger partial charge in [0.25, 0.3) is 5.56 Å². The van der Waals surface area contributed by atoms with Crippen LogP contribution >= 0.6 is 22.7 Å². The van der Waals surface area contributed by atoms with Gasteiger partial charge in [0.15, 0.2) is 5.13 Å². The summed E-state index contributed by atoms with van der Waals surface area (Å²) in [5.74, 6) is -0.913. The molecule has 0 fully saturated rings. The van der Waals surface area contributed by atoms with Gasteiger partial charge in [0, 0.05) is 22.5 Å². The van der Waals surface area contributed by atoms with E-state index < -0.39 is 28.7 Å². The van der Waals surface area contributed by atoms with E-state index in [1.807, 2.05) is 0 Å². The molecule has 1 amide bonds. The first kappa shape index (κ1) is 16.2. The molecular weight excluding hydrogens is 353 g/mol. The van der Waals surface area contributed by atoms with Crippen molar-refractivity contribution >= 4 is 33.7 Å². The summed E-state index contributed by atoms with van der Waals surface area (Å²) in [6.07, 6.45) is 1.53. The van der Waals surface area contributed by atoms with Gasteiger partial charge in [-0.15, -0.1) is 11.3 Å². The maximum atomic E-state index is 13.0. The number of rotatable bonds is 4. The standard InChI is InChI=1S/C15H10FN3O3S2/c16-10-3-1-9(2-4-10)11-7-13(21)19(15(22)24-11)8-12(20)18-14-17-5-6-23-14/h1-7H,8H2,(H,17,18,20). The van der Waals surface area contributed by atoms with E-state index in [0.717, 1.165) is 15.9 Å². The van der Waals surface area contributed by atoms with Crippen molar-refractivity contribution in [1.82, 2.24) is 9.55 Å². The van der Waals surface area contributed by atoms with Crippen molar-refractivity contribution in [3.05, 3.63) is 67.7 Å². The zero-order valence-electron chi connectivity index (χ0n) is 12.1. The van der Waals surface area contributed by atoms with Crippen LogP contribution in [0.3, 0.4) is 0 Å². The molecule has 24 heavy (non-hydrogen) atoms. The summed E-state index contributed by atoms with van der Waals surface area (Å²) >= 11 is 2.05. The summed E-state index contributed by atoms with van der Waals surface area (Å²) in [6, 6.07) is 6.73. The number of nitrogens with zero attached hydrogens (tertiary/aromatic N) is 2. The number of benzene rings is 1. The molecule has 0 radical (unpaired) electrons. The Bertz CT molecular complexity index is 947. The van der Waals surface area contributed by atoms with E-state index in [-0.39, 0.29) is 0 Å². The summed E-state index contributed by atoms with van der Waals surface area (Å²) in [5.41, 5.74) is -0.0256. The van der Waals surface area contributed by atoms with Crippen LogP contribution < -0.4 is 15.7 Å². The summed E-state index contributed by atoms with van der Waals surface area (Å²) in [4.78, 5) is 39.9. The molecule has 0 aliphatic heterocycles. The summed E-state index contributed by atoms with van der Waals surface area (Å²) in [5, 5.41) is 4.60. The highest BCUT2D eigenvalue weighted by Crippen LogP contribution is 2.20. The molecule has 0 bridgehead atoms. The molecular formula is C15H10FN3O3S2. The van der Waals surface area contributed by atoms with Crippen LogP contribution in [0, 0.1) is 5.82 Å². The molecule has 122 valence electrons. The van der Waals surface area contributed by atoms with E-state index in [0.29, 0.717) is 15.6 Å². The molecule has 0 aliphatic rings. The molecule has 0 saturated heterocycles. The maximum absolute atomic E-state index is 13.0. The minimum absolute atomic E-state index is 0.391. The highest BCUT2D eigenvalue weighted by Gasteiger charge is 2.12. The summed E-state index contributed by atoms with van der Waals surface area (Å²) in [6.45, 7) is -0.391. The second-order valence-corrected chi connectivity index (χ2v) is 6.58. The molecule has 9 heteroatoms. The van der Waals surface area contributed by atoms with Crippen LogP contribution in [-0.2, 0) is 11.3 Å². The number of halogens is 1. The molecule has 0 saturated carbocycles. The maximum Gasteiger partial charge on any atom is 0.310 e. The van der Waals surface area contributed by atoms with Crippen LogP contribution in [0.5, 0.6) is 0 Å². The number of hydrogen-bond acceptors (Lipinski definition) is 6. The first-order chi connectivity index (χ1) is 11.5. The third kappa shape index (κ3) is 3.63. The van der Waals surface area contributed by atoms with Gasteiger partial charge in [0.2, 0.25) is 5.91 Å². The number of carbonyl (C=O) groups excluding carboxylic acids is 1.